The van der Waals surface area contributed by atoms with Crippen LogP contribution in [0.3, 0.4) is 0 Å². The van der Waals surface area contributed by atoms with Crippen LogP contribution < -0.4 is 4.90 Å². The van der Waals surface area contributed by atoms with E-state index in [0.717, 1.165) is 0 Å². The molecule has 1 atom stereocenters. The van der Waals surface area contributed by atoms with E-state index >= 15 is 0 Å². The lowest BCUT2D eigenvalue weighted by atomic mass is 9.88. The molecule has 1 aliphatic rings. The van der Waals surface area contributed by atoms with Gasteiger partial charge in [-0.15, -0.1) is 0 Å². The highest BCUT2D eigenvalue weighted by Gasteiger charge is 2.50. The molecular weight excluding hydrogens is 374 g/mol. The van der Waals surface area contributed by atoms with E-state index in [1.807, 2.05) is 0 Å². The van der Waals surface area contributed by atoms with Crippen molar-refractivity contribution in [2.24, 2.45) is 0 Å². The van der Waals surface area contributed by atoms with Crippen molar-refractivity contribution >= 4 is 33.3 Å². The highest BCUT2D eigenvalue weighted by Crippen LogP contribution is 2.44. The summed E-state index contributed by atoms with van der Waals surface area (Å²) < 4.78 is 0.709. The van der Waals surface area contributed by atoms with Gasteiger partial charge in [-0.05, 0) is 37.3 Å². The number of ketones is 1. The topological polar surface area (TPSA) is 77.8 Å². The van der Waals surface area contributed by atoms with Gasteiger partial charge in [0, 0.05) is 16.6 Å². The van der Waals surface area contributed by atoms with Crippen LogP contribution in [-0.2, 0) is 10.4 Å². The quantitative estimate of drug-likeness (QED) is 0.787. The van der Waals surface area contributed by atoms with Crippen LogP contribution >= 0.6 is 15.9 Å². The molecule has 1 aliphatic heterocycles. The monoisotopic (exact) mass is 389 g/mol. The van der Waals surface area contributed by atoms with Gasteiger partial charge in [0.05, 0.1) is 17.7 Å². The number of phenols is 1. The maximum Gasteiger partial charge on any atom is 0.264 e. The van der Waals surface area contributed by atoms with Crippen molar-refractivity contribution in [3.05, 3.63) is 58.1 Å². The number of amides is 1. The van der Waals surface area contributed by atoms with Crippen LogP contribution in [-0.4, -0.2) is 28.4 Å². The average molecular weight is 390 g/mol. The van der Waals surface area contributed by atoms with Gasteiger partial charge in [0.1, 0.15) is 5.75 Å². The van der Waals surface area contributed by atoms with Gasteiger partial charge in [-0.2, -0.15) is 0 Å². The molecule has 1 amide bonds. The van der Waals surface area contributed by atoms with Gasteiger partial charge in [0.2, 0.25) is 0 Å². The molecule has 0 spiro atoms. The molecular formula is C18H16BrNO4. The summed E-state index contributed by atoms with van der Waals surface area (Å²) in [7, 11) is 0. The summed E-state index contributed by atoms with van der Waals surface area (Å²) in [5, 5.41) is 20.9. The number of carbonyl (C=O) groups is 2. The number of benzene rings is 2. The largest absolute Gasteiger partial charge is 0.507 e. The smallest absolute Gasteiger partial charge is 0.264 e. The van der Waals surface area contributed by atoms with Crippen molar-refractivity contribution in [1.82, 2.24) is 0 Å². The second kappa shape index (κ2) is 6.03. The maximum absolute atomic E-state index is 12.7. The Morgan fingerprint density at radius 1 is 1.25 bits per heavy atom. The predicted octanol–water partition coefficient (Wildman–Crippen LogP) is 2.98. The van der Waals surface area contributed by atoms with E-state index in [0.29, 0.717) is 22.3 Å². The molecule has 2 N–H and O–H groups in total. The van der Waals surface area contributed by atoms with Crippen LogP contribution in [0.15, 0.2) is 46.9 Å². The van der Waals surface area contributed by atoms with E-state index in [1.54, 1.807) is 37.3 Å². The van der Waals surface area contributed by atoms with Gasteiger partial charge in [0.15, 0.2) is 11.4 Å². The molecule has 0 saturated carbocycles. The molecule has 0 bridgehead atoms. The number of rotatable bonds is 4. The van der Waals surface area contributed by atoms with E-state index in [2.05, 4.69) is 15.9 Å². The number of hydrogen-bond donors (Lipinski definition) is 2. The summed E-state index contributed by atoms with van der Waals surface area (Å²) in [4.78, 5) is 26.7. The summed E-state index contributed by atoms with van der Waals surface area (Å²) in [5.41, 5.74) is -0.856. The van der Waals surface area contributed by atoms with Gasteiger partial charge in [-0.3, -0.25) is 9.59 Å². The Morgan fingerprint density at radius 3 is 2.62 bits per heavy atom. The number of Topliss-reactive ketones (excluding diaryl/α,β-unsaturated/α-hetero) is 1. The lowest BCUT2D eigenvalue weighted by Gasteiger charge is -2.22. The molecule has 0 saturated heterocycles. The number of halogens is 1. The van der Waals surface area contributed by atoms with Crippen molar-refractivity contribution < 1.29 is 19.8 Å². The Hall–Kier alpha value is -2.18. The number of fused-ring (bicyclic) bond motifs is 1. The Balaban J connectivity index is 2.04. The lowest BCUT2D eigenvalue weighted by molar-refractivity contribution is -0.135. The molecule has 2 aromatic rings. The number of aromatic hydroxyl groups is 1. The third kappa shape index (κ3) is 2.52. The first-order valence-corrected chi connectivity index (χ1v) is 8.33. The van der Waals surface area contributed by atoms with Gasteiger partial charge < -0.3 is 15.1 Å². The van der Waals surface area contributed by atoms with Crippen LogP contribution in [0.5, 0.6) is 5.75 Å². The number of aliphatic hydroxyl groups is 1. The van der Waals surface area contributed by atoms with E-state index in [-0.39, 0.29) is 11.3 Å². The Kier molecular flexibility index (Phi) is 4.19. The van der Waals surface area contributed by atoms with Gasteiger partial charge >= 0.3 is 0 Å². The Morgan fingerprint density at radius 2 is 1.96 bits per heavy atom. The van der Waals surface area contributed by atoms with Crippen molar-refractivity contribution in [1.29, 1.82) is 0 Å². The van der Waals surface area contributed by atoms with Crippen LogP contribution in [0.25, 0.3) is 0 Å². The minimum absolute atomic E-state index is 0.0882. The summed E-state index contributed by atoms with van der Waals surface area (Å²) in [5.74, 6) is -1.19. The fourth-order valence-corrected chi connectivity index (χ4v) is 3.41. The van der Waals surface area contributed by atoms with E-state index in [9.17, 15) is 19.8 Å². The van der Waals surface area contributed by atoms with Crippen molar-refractivity contribution in [3.63, 3.8) is 0 Å². The van der Waals surface area contributed by atoms with Crippen LogP contribution in [0, 0.1) is 0 Å². The van der Waals surface area contributed by atoms with Crippen molar-refractivity contribution in [3.8, 4) is 5.75 Å². The first-order chi connectivity index (χ1) is 11.4. The molecule has 1 unspecified atom stereocenters. The second-order valence-corrected chi connectivity index (χ2v) is 6.60. The normalized spacial score (nSPS) is 19.5. The number of para-hydroxylation sites is 1. The Bertz CT molecular complexity index is 836. The van der Waals surface area contributed by atoms with Crippen LogP contribution in [0.4, 0.5) is 5.69 Å². The first kappa shape index (κ1) is 16.7. The number of hydrogen-bond acceptors (Lipinski definition) is 4. The third-order valence-corrected chi connectivity index (χ3v) is 4.72. The Labute approximate surface area is 147 Å². The molecule has 0 aliphatic carbocycles. The predicted molar refractivity (Wildman–Crippen MR) is 93.1 cm³/mol. The van der Waals surface area contributed by atoms with Gasteiger partial charge in [-0.25, -0.2) is 0 Å². The SMILES string of the molecule is CCN1C(=O)C(O)(CC(=O)c2ccccc2O)c2cc(Br)ccc21. The second-order valence-electron chi connectivity index (χ2n) is 5.69. The molecule has 0 aromatic heterocycles. The standard InChI is InChI=1S/C18H16BrNO4/c1-2-20-14-8-7-11(19)9-13(14)18(24,17(20)23)10-16(22)12-5-3-4-6-15(12)21/h3-9,21,24H,2,10H2,1H3. The molecule has 3 rings (SSSR count). The summed E-state index contributed by atoms with van der Waals surface area (Å²) >= 11 is 3.34. The summed E-state index contributed by atoms with van der Waals surface area (Å²) in [6, 6.07) is 11.3. The zero-order chi connectivity index (χ0) is 17.5. The fourth-order valence-electron chi connectivity index (χ4n) is 3.04. The van der Waals surface area contributed by atoms with Crippen LogP contribution in [0.2, 0.25) is 0 Å². The molecule has 1 heterocycles. The van der Waals surface area contributed by atoms with E-state index in [1.165, 1.54) is 17.0 Å². The molecule has 5 nitrogen and oxygen atoms in total. The zero-order valence-corrected chi connectivity index (χ0v) is 14.6. The summed E-state index contributed by atoms with van der Waals surface area (Å²) in [6.07, 6.45) is -0.427. The first-order valence-electron chi connectivity index (χ1n) is 7.54. The molecule has 0 fully saturated rings. The van der Waals surface area contributed by atoms with Gasteiger partial charge in [0.25, 0.3) is 5.91 Å². The van der Waals surface area contributed by atoms with Gasteiger partial charge in [-0.1, -0.05) is 28.1 Å². The van der Waals surface area contributed by atoms with E-state index in [4.69, 9.17) is 0 Å². The highest BCUT2D eigenvalue weighted by molar-refractivity contribution is 9.10. The zero-order valence-electron chi connectivity index (χ0n) is 13.0. The molecule has 6 heteroatoms. The van der Waals surface area contributed by atoms with E-state index < -0.39 is 23.7 Å². The maximum atomic E-state index is 12.7. The molecule has 124 valence electrons. The van der Waals surface area contributed by atoms with Crippen molar-refractivity contribution in [2.75, 3.05) is 11.4 Å². The highest BCUT2D eigenvalue weighted by atomic mass is 79.9. The third-order valence-electron chi connectivity index (χ3n) is 4.23. The lowest BCUT2D eigenvalue weighted by Crippen LogP contribution is -2.41. The van der Waals surface area contributed by atoms with Crippen LogP contribution in [0.1, 0.15) is 29.3 Å². The number of likely N-dealkylation sites (N-methyl/N-ethyl adjacent to an activating group) is 1. The average Bonchev–Trinajstić information content (AvgIpc) is 2.75. The fraction of sp³-hybridized carbons (Fsp3) is 0.222. The molecule has 0 radical (unpaired) electrons. The van der Waals surface area contributed by atoms with Crippen molar-refractivity contribution in [2.45, 2.75) is 18.9 Å². The minimum Gasteiger partial charge on any atom is -0.507 e. The molecule has 2 aromatic carbocycles. The summed E-state index contributed by atoms with van der Waals surface area (Å²) in [6.45, 7) is 2.20. The number of carbonyl (C=O) groups excluding carboxylic acids is 2. The molecule has 24 heavy (non-hydrogen) atoms. The minimum atomic E-state index is -1.94. The number of phenolic OH excluding ortho intramolecular Hbond substituents is 1. The number of anilines is 1. The number of nitrogens with zero attached hydrogens (tertiary/aromatic N) is 1.